The minimum Gasteiger partial charge on any atom is -0.373 e. The molecular weight excluding hydrogens is 450 g/mol. The minimum absolute atomic E-state index is 0.0274. The lowest BCUT2D eigenvalue weighted by atomic mass is 9.89. The fourth-order valence-corrected chi connectivity index (χ4v) is 5.27. The van der Waals surface area contributed by atoms with Gasteiger partial charge in [0, 0.05) is 47.8 Å². The third-order valence-corrected chi connectivity index (χ3v) is 7.02. The first-order valence-electron chi connectivity index (χ1n) is 11.9. The van der Waals surface area contributed by atoms with Gasteiger partial charge >= 0.3 is 0 Å². The van der Waals surface area contributed by atoms with Gasteiger partial charge in [0.25, 0.3) is 5.56 Å². The van der Waals surface area contributed by atoms with Gasteiger partial charge < -0.3 is 4.74 Å². The van der Waals surface area contributed by atoms with Crippen molar-refractivity contribution in [2.45, 2.75) is 51.0 Å². The average Bonchev–Trinajstić information content (AvgIpc) is 3.33. The summed E-state index contributed by atoms with van der Waals surface area (Å²) < 4.78 is 36.0. The topological polar surface area (TPSA) is 69.4 Å². The summed E-state index contributed by atoms with van der Waals surface area (Å²) in [5.41, 5.74) is 4.46. The third-order valence-electron chi connectivity index (χ3n) is 7.02. The molecule has 35 heavy (non-hydrogen) atoms. The van der Waals surface area contributed by atoms with E-state index in [9.17, 15) is 13.6 Å². The van der Waals surface area contributed by atoms with E-state index in [1.54, 1.807) is 6.20 Å². The number of pyridine rings is 1. The van der Waals surface area contributed by atoms with Crippen molar-refractivity contribution in [3.8, 4) is 11.4 Å². The molecule has 0 radical (unpaired) electrons. The Morgan fingerprint density at radius 2 is 1.97 bits per heavy atom. The zero-order chi connectivity index (χ0) is 24.1. The highest BCUT2D eigenvalue weighted by atomic mass is 19.1. The lowest BCUT2D eigenvalue weighted by Crippen LogP contribution is -2.25. The molecule has 1 fully saturated rings. The quantitative estimate of drug-likeness (QED) is 0.424. The van der Waals surface area contributed by atoms with Crippen LogP contribution in [0.15, 0.2) is 47.4 Å². The summed E-state index contributed by atoms with van der Waals surface area (Å²) in [4.78, 5) is 27.3. The van der Waals surface area contributed by atoms with Gasteiger partial charge in [0.1, 0.15) is 17.3 Å². The number of fused-ring (bicyclic) bond motifs is 2. The average molecular weight is 475 g/mol. The largest absolute Gasteiger partial charge is 0.373 e. The zero-order valence-corrected chi connectivity index (χ0v) is 19.3. The molecule has 0 bridgehead atoms. The summed E-state index contributed by atoms with van der Waals surface area (Å²) >= 11 is 0. The monoisotopic (exact) mass is 474 g/mol. The molecule has 1 unspecified atom stereocenters. The van der Waals surface area contributed by atoms with Crippen LogP contribution < -0.4 is 5.56 Å². The van der Waals surface area contributed by atoms with Gasteiger partial charge in [0.2, 0.25) is 0 Å². The normalized spacial score (nSPS) is 19.7. The predicted molar refractivity (Wildman–Crippen MR) is 126 cm³/mol. The van der Waals surface area contributed by atoms with Gasteiger partial charge in [-0.25, -0.2) is 23.1 Å². The van der Waals surface area contributed by atoms with Crippen molar-refractivity contribution in [1.82, 2.24) is 19.4 Å². The number of halogens is 2. The van der Waals surface area contributed by atoms with E-state index < -0.39 is 11.6 Å². The molecule has 8 heteroatoms. The molecule has 1 saturated heterocycles. The van der Waals surface area contributed by atoms with Crippen molar-refractivity contribution >= 4 is 5.65 Å². The van der Waals surface area contributed by atoms with Gasteiger partial charge in [0.15, 0.2) is 5.82 Å². The van der Waals surface area contributed by atoms with Crippen LogP contribution in [0, 0.1) is 18.6 Å². The van der Waals surface area contributed by atoms with E-state index in [-0.39, 0.29) is 29.0 Å². The van der Waals surface area contributed by atoms with Crippen LogP contribution >= 0.6 is 0 Å². The minimum atomic E-state index is -0.763. The second-order valence-corrected chi connectivity index (χ2v) is 9.33. The molecule has 0 spiro atoms. The fraction of sp³-hybridized carbons (Fsp3) is 0.333. The molecule has 1 aromatic carbocycles. The van der Waals surface area contributed by atoms with Crippen molar-refractivity contribution in [3.05, 3.63) is 92.8 Å². The van der Waals surface area contributed by atoms with Crippen LogP contribution in [0.25, 0.3) is 17.0 Å². The predicted octanol–water partition coefficient (Wildman–Crippen LogP) is 4.86. The van der Waals surface area contributed by atoms with Crippen molar-refractivity contribution < 1.29 is 13.5 Å². The summed E-state index contributed by atoms with van der Waals surface area (Å²) in [7, 11) is 0. The number of hydrogen-bond donors (Lipinski definition) is 0. The van der Waals surface area contributed by atoms with E-state index >= 15 is 0 Å². The van der Waals surface area contributed by atoms with Crippen LogP contribution in [-0.4, -0.2) is 26.0 Å². The maximum Gasteiger partial charge on any atom is 0.263 e. The van der Waals surface area contributed by atoms with Crippen molar-refractivity contribution in [2.24, 2.45) is 0 Å². The highest BCUT2D eigenvalue weighted by Crippen LogP contribution is 2.38. The van der Waals surface area contributed by atoms with E-state index in [4.69, 9.17) is 14.7 Å². The maximum absolute atomic E-state index is 14.9. The Balaban J connectivity index is 1.50. The number of ether oxygens (including phenoxy) is 1. The number of benzene rings is 1. The van der Waals surface area contributed by atoms with Crippen LogP contribution in [0.4, 0.5) is 8.78 Å². The van der Waals surface area contributed by atoms with Gasteiger partial charge in [0.05, 0.1) is 17.4 Å². The van der Waals surface area contributed by atoms with Gasteiger partial charge in [-0.15, -0.1) is 0 Å². The second-order valence-electron chi connectivity index (χ2n) is 9.33. The molecule has 4 heterocycles. The molecule has 1 aliphatic carbocycles. The number of aromatic nitrogens is 4. The number of aryl methyl sites for hydroxylation is 2. The fourth-order valence-electron chi connectivity index (χ4n) is 5.27. The standard InChI is InChI=1S/C27H24F2N4O2/c1-15-11-17(7-9-30-15)24-12-16(8-10-35-24)23-14-25-31-22-4-2-3-20(22)27(34)33(25)26(32-23)19-6-5-18(28)13-21(19)29/h5-7,9,11,13-14,16,24H,2-4,8,10,12H2,1H3/t16?,24-/m0/s1. The molecule has 2 aliphatic rings. The summed E-state index contributed by atoms with van der Waals surface area (Å²) in [5.74, 6) is -1.26. The lowest BCUT2D eigenvalue weighted by Gasteiger charge is -2.30. The first-order valence-corrected chi connectivity index (χ1v) is 11.9. The smallest absolute Gasteiger partial charge is 0.263 e. The van der Waals surface area contributed by atoms with Crippen LogP contribution in [0.1, 0.15) is 59.5 Å². The number of nitrogens with zero attached hydrogens (tertiary/aromatic N) is 4. The zero-order valence-electron chi connectivity index (χ0n) is 19.3. The van der Waals surface area contributed by atoms with Crippen LogP contribution in [-0.2, 0) is 17.6 Å². The Kier molecular flexibility index (Phi) is 5.40. The molecule has 0 saturated carbocycles. The Hall–Kier alpha value is -3.52. The van der Waals surface area contributed by atoms with Gasteiger partial charge in [-0.2, -0.15) is 0 Å². The summed E-state index contributed by atoms with van der Waals surface area (Å²) in [6.45, 7) is 2.49. The van der Waals surface area contributed by atoms with E-state index in [0.717, 1.165) is 48.0 Å². The summed E-state index contributed by atoms with van der Waals surface area (Å²) in [5, 5.41) is 0. The number of rotatable bonds is 3. The van der Waals surface area contributed by atoms with Crippen molar-refractivity contribution in [2.75, 3.05) is 6.61 Å². The molecule has 6 rings (SSSR count). The Morgan fingerprint density at radius 3 is 2.80 bits per heavy atom. The molecule has 1 aliphatic heterocycles. The molecule has 0 amide bonds. The summed E-state index contributed by atoms with van der Waals surface area (Å²) in [6.07, 6.45) is 5.34. The van der Waals surface area contributed by atoms with Crippen molar-refractivity contribution in [3.63, 3.8) is 0 Å². The molecule has 3 aromatic heterocycles. The van der Waals surface area contributed by atoms with Gasteiger partial charge in [-0.3, -0.25) is 9.78 Å². The van der Waals surface area contributed by atoms with E-state index in [0.29, 0.717) is 30.7 Å². The maximum atomic E-state index is 14.9. The molecule has 4 aromatic rings. The van der Waals surface area contributed by atoms with Gasteiger partial charge in [-0.05, 0) is 68.9 Å². The van der Waals surface area contributed by atoms with E-state index in [1.165, 1.54) is 16.5 Å². The molecule has 2 atom stereocenters. The highest BCUT2D eigenvalue weighted by Gasteiger charge is 2.29. The first kappa shape index (κ1) is 22.0. The first-order chi connectivity index (χ1) is 17.0. The molecule has 178 valence electrons. The Morgan fingerprint density at radius 1 is 1.09 bits per heavy atom. The highest BCUT2D eigenvalue weighted by molar-refractivity contribution is 5.61. The van der Waals surface area contributed by atoms with Crippen LogP contribution in [0.2, 0.25) is 0 Å². The van der Waals surface area contributed by atoms with E-state index in [2.05, 4.69) is 4.98 Å². The SMILES string of the molecule is Cc1cc([C@@H]2CC(c3cc4nc5c(c(=O)n4c(-c4ccc(F)cc4F)n3)CCC5)CCO2)ccn1. The summed E-state index contributed by atoms with van der Waals surface area (Å²) in [6, 6.07) is 9.15. The molecule has 0 N–H and O–H groups in total. The molecular formula is C27H24F2N4O2. The molecule has 6 nitrogen and oxygen atoms in total. The van der Waals surface area contributed by atoms with Crippen LogP contribution in [0.5, 0.6) is 0 Å². The van der Waals surface area contributed by atoms with Crippen molar-refractivity contribution in [1.29, 1.82) is 0 Å². The van der Waals surface area contributed by atoms with Gasteiger partial charge in [-0.1, -0.05) is 0 Å². The second kappa shape index (κ2) is 8.61. The van der Waals surface area contributed by atoms with Crippen LogP contribution in [0.3, 0.4) is 0 Å². The van der Waals surface area contributed by atoms with E-state index in [1.807, 2.05) is 25.1 Å². The Bertz CT molecular complexity index is 1520. The third kappa shape index (κ3) is 3.91. The lowest BCUT2D eigenvalue weighted by molar-refractivity contribution is 0.00457. The number of hydrogen-bond acceptors (Lipinski definition) is 5. The Labute approximate surface area is 200 Å².